The molecule has 2 heterocycles. The molecule has 29 heavy (non-hydrogen) atoms. The molecule has 1 aliphatic heterocycles. The first-order chi connectivity index (χ1) is 13.9. The lowest BCUT2D eigenvalue weighted by Gasteiger charge is -2.13. The van der Waals surface area contributed by atoms with Gasteiger partial charge in [-0.3, -0.25) is 15.0 Å². The Balaban J connectivity index is 1.62. The highest BCUT2D eigenvalue weighted by Crippen LogP contribution is 2.28. The van der Waals surface area contributed by atoms with Crippen LogP contribution in [0.3, 0.4) is 0 Å². The SMILES string of the molecule is Cc1cc(C(=O)O)ccc1-c1ccc(/C=C2/C(=O)NN(c3ccccc3)C2=O)o1. The predicted octanol–water partition coefficient (Wildman–Crippen LogP) is 3.41. The molecule has 0 atom stereocenters. The molecule has 7 heteroatoms. The highest BCUT2D eigenvalue weighted by molar-refractivity contribution is 6.31. The Kier molecular flexibility index (Phi) is 4.48. The standard InChI is InChI=1S/C22H16N2O5/c1-13-11-14(22(27)28)7-9-17(13)19-10-8-16(29-19)12-18-20(25)23-24(21(18)26)15-5-3-2-4-6-15/h2-12H,1H3,(H,23,25)(H,27,28)/b18-12-. The summed E-state index contributed by atoms with van der Waals surface area (Å²) in [5.74, 6) is -1.13. The quantitative estimate of drug-likeness (QED) is 0.527. The number of benzene rings is 2. The number of carboxylic acid groups (broad SMARTS) is 1. The first-order valence-electron chi connectivity index (χ1n) is 8.80. The van der Waals surface area contributed by atoms with Gasteiger partial charge in [-0.05, 0) is 55.0 Å². The Morgan fingerprint density at radius 1 is 1.07 bits per heavy atom. The maximum absolute atomic E-state index is 12.6. The zero-order chi connectivity index (χ0) is 20.5. The van der Waals surface area contributed by atoms with E-state index in [2.05, 4.69) is 5.43 Å². The van der Waals surface area contributed by atoms with E-state index >= 15 is 0 Å². The van der Waals surface area contributed by atoms with Gasteiger partial charge in [0.1, 0.15) is 17.1 Å². The molecule has 0 spiro atoms. The van der Waals surface area contributed by atoms with Gasteiger partial charge >= 0.3 is 5.97 Å². The van der Waals surface area contributed by atoms with Gasteiger partial charge in [-0.25, -0.2) is 9.80 Å². The third-order valence-electron chi connectivity index (χ3n) is 4.56. The number of nitrogens with one attached hydrogen (secondary N) is 1. The molecule has 1 saturated heterocycles. The fourth-order valence-corrected chi connectivity index (χ4v) is 3.11. The van der Waals surface area contributed by atoms with Crippen LogP contribution in [0.4, 0.5) is 5.69 Å². The highest BCUT2D eigenvalue weighted by Gasteiger charge is 2.34. The van der Waals surface area contributed by atoms with Crippen LogP contribution >= 0.6 is 0 Å². The second-order valence-electron chi connectivity index (χ2n) is 6.51. The molecule has 0 unspecified atom stereocenters. The Bertz CT molecular complexity index is 1160. The van der Waals surface area contributed by atoms with Crippen LogP contribution < -0.4 is 10.4 Å². The summed E-state index contributed by atoms with van der Waals surface area (Å²) in [5.41, 5.74) is 4.72. The van der Waals surface area contributed by atoms with E-state index in [0.29, 0.717) is 17.2 Å². The second kappa shape index (κ2) is 7.12. The summed E-state index contributed by atoms with van der Waals surface area (Å²) in [6.07, 6.45) is 1.39. The number of amides is 2. The summed E-state index contributed by atoms with van der Waals surface area (Å²) in [6.45, 7) is 1.79. The van der Waals surface area contributed by atoms with E-state index in [1.807, 2.05) is 6.07 Å². The molecule has 1 fully saturated rings. The van der Waals surface area contributed by atoms with Crippen LogP contribution in [0.15, 0.2) is 70.7 Å². The number of nitrogens with zero attached hydrogens (tertiary/aromatic N) is 1. The highest BCUT2D eigenvalue weighted by atomic mass is 16.4. The van der Waals surface area contributed by atoms with Crippen molar-refractivity contribution >= 4 is 29.5 Å². The Morgan fingerprint density at radius 3 is 2.52 bits per heavy atom. The Labute approximate surface area is 165 Å². The number of carbonyl (C=O) groups is 3. The number of anilines is 1. The van der Waals surface area contributed by atoms with Gasteiger partial charge in [-0.2, -0.15) is 0 Å². The van der Waals surface area contributed by atoms with Gasteiger partial charge in [0, 0.05) is 5.56 Å². The summed E-state index contributed by atoms with van der Waals surface area (Å²) >= 11 is 0. The number of hydrogen-bond acceptors (Lipinski definition) is 4. The molecule has 2 aromatic carbocycles. The number of aromatic carboxylic acids is 1. The summed E-state index contributed by atoms with van der Waals surface area (Å²) in [7, 11) is 0. The smallest absolute Gasteiger partial charge is 0.335 e. The zero-order valence-corrected chi connectivity index (χ0v) is 15.4. The summed E-state index contributed by atoms with van der Waals surface area (Å²) in [6, 6.07) is 16.9. The average Bonchev–Trinajstić information content (AvgIpc) is 3.28. The lowest BCUT2D eigenvalue weighted by Crippen LogP contribution is -2.35. The first kappa shape index (κ1) is 18.2. The number of carboxylic acids is 1. The van der Waals surface area contributed by atoms with E-state index < -0.39 is 17.8 Å². The molecular weight excluding hydrogens is 372 g/mol. The van der Waals surface area contributed by atoms with Crippen LogP contribution in [0.2, 0.25) is 0 Å². The van der Waals surface area contributed by atoms with E-state index in [1.54, 1.807) is 55.5 Å². The van der Waals surface area contributed by atoms with Crippen molar-refractivity contribution in [2.45, 2.75) is 6.92 Å². The van der Waals surface area contributed by atoms with Crippen molar-refractivity contribution in [1.82, 2.24) is 5.43 Å². The average molecular weight is 388 g/mol. The molecule has 1 aliphatic rings. The van der Waals surface area contributed by atoms with Gasteiger partial charge < -0.3 is 9.52 Å². The maximum Gasteiger partial charge on any atom is 0.335 e. The van der Waals surface area contributed by atoms with Crippen LogP contribution in [-0.4, -0.2) is 22.9 Å². The van der Waals surface area contributed by atoms with Crippen molar-refractivity contribution in [1.29, 1.82) is 0 Å². The van der Waals surface area contributed by atoms with E-state index in [4.69, 9.17) is 9.52 Å². The first-order valence-corrected chi connectivity index (χ1v) is 8.80. The molecule has 3 aromatic rings. The second-order valence-corrected chi connectivity index (χ2v) is 6.51. The molecule has 2 amide bonds. The number of aryl methyl sites for hydroxylation is 1. The summed E-state index contributed by atoms with van der Waals surface area (Å²) in [4.78, 5) is 36.0. The van der Waals surface area contributed by atoms with Crippen molar-refractivity contribution in [2.24, 2.45) is 0 Å². The number of para-hydroxylation sites is 1. The number of furan rings is 1. The monoisotopic (exact) mass is 388 g/mol. The van der Waals surface area contributed by atoms with Crippen LogP contribution in [0, 0.1) is 6.92 Å². The molecule has 1 aromatic heterocycles. The van der Waals surface area contributed by atoms with Crippen molar-refractivity contribution < 1.29 is 23.9 Å². The molecule has 2 N–H and O–H groups in total. The minimum Gasteiger partial charge on any atom is -0.478 e. The van der Waals surface area contributed by atoms with Crippen molar-refractivity contribution in [3.05, 3.63) is 83.1 Å². The molecule has 144 valence electrons. The van der Waals surface area contributed by atoms with Crippen molar-refractivity contribution in [3.63, 3.8) is 0 Å². The van der Waals surface area contributed by atoms with Gasteiger partial charge in [0.2, 0.25) is 0 Å². The Morgan fingerprint density at radius 2 is 1.83 bits per heavy atom. The van der Waals surface area contributed by atoms with Crippen molar-refractivity contribution in [3.8, 4) is 11.3 Å². The minimum absolute atomic E-state index is 0.0345. The predicted molar refractivity (Wildman–Crippen MR) is 106 cm³/mol. The lowest BCUT2D eigenvalue weighted by molar-refractivity contribution is -0.117. The molecule has 0 saturated carbocycles. The largest absolute Gasteiger partial charge is 0.478 e. The van der Waals surface area contributed by atoms with Gasteiger partial charge in [-0.1, -0.05) is 24.3 Å². The van der Waals surface area contributed by atoms with E-state index in [9.17, 15) is 14.4 Å². The normalized spacial score (nSPS) is 15.1. The number of carbonyl (C=O) groups excluding carboxylic acids is 2. The third kappa shape index (κ3) is 3.41. The fourth-order valence-electron chi connectivity index (χ4n) is 3.11. The number of hydrogen-bond donors (Lipinski definition) is 2. The summed E-state index contributed by atoms with van der Waals surface area (Å²) in [5, 5.41) is 10.3. The Hall–Kier alpha value is -4.13. The van der Waals surface area contributed by atoms with Crippen molar-refractivity contribution in [2.75, 3.05) is 5.01 Å². The zero-order valence-electron chi connectivity index (χ0n) is 15.4. The van der Waals surface area contributed by atoms with Gasteiger partial charge in [-0.15, -0.1) is 0 Å². The van der Waals surface area contributed by atoms with Crippen LogP contribution in [0.5, 0.6) is 0 Å². The molecule has 0 bridgehead atoms. The van der Waals surface area contributed by atoms with Crippen LogP contribution in [0.1, 0.15) is 21.7 Å². The lowest BCUT2D eigenvalue weighted by atomic mass is 10.0. The van der Waals surface area contributed by atoms with Gasteiger partial charge in [0.15, 0.2) is 0 Å². The minimum atomic E-state index is -1.00. The van der Waals surface area contributed by atoms with Crippen LogP contribution in [0.25, 0.3) is 17.4 Å². The molecule has 4 rings (SSSR count). The number of rotatable bonds is 4. The fraction of sp³-hybridized carbons (Fsp3) is 0.0455. The molecule has 7 nitrogen and oxygen atoms in total. The van der Waals surface area contributed by atoms with E-state index in [0.717, 1.165) is 11.1 Å². The van der Waals surface area contributed by atoms with E-state index in [1.165, 1.54) is 17.2 Å². The van der Waals surface area contributed by atoms with Gasteiger partial charge in [0.25, 0.3) is 11.8 Å². The van der Waals surface area contributed by atoms with Gasteiger partial charge in [0.05, 0.1) is 11.3 Å². The molecular formula is C22H16N2O5. The maximum atomic E-state index is 12.6. The topological polar surface area (TPSA) is 99.8 Å². The summed E-state index contributed by atoms with van der Waals surface area (Å²) < 4.78 is 5.78. The van der Waals surface area contributed by atoms with Crippen LogP contribution in [-0.2, 0) is 9.59 Å². The van der Waals surface area contributed by atoms with E-state index in [-0.39, 0.29) is 11.1 Å². The molecule has 0 aliphatic carbocycles. The molecule has 0 radical (unpaired) electrons. The number of hydrazine groups is 1. The third-order valence-corrected chi connectivity index (χ3v) is 4.56.